The largest absolute Gasteiger partial charge is 0.478 e. The van der Waals surface area contributed by atoms with Crippen LogP contribution in [0.25, 0.3) is 22.0 Å². The quantitative estimate of drug-likeness (QED) is 0.702. The summed E-state index contributed by atoms with van der Waals surface area (Å²) in [6, 6.07) is 10.7. The summed E-state index contributed by atoms with van der Waals surface area (Å²) < 4.78 is 10.4. The van der Waals surface area contributed by atoms with Gasteiger partial charge in [-0.25, -0.2) is 9.78 Å². The average molecular weight is 324 g/mol. The SMILES string of the molecule is COCCOc1ccc(-c2ccc3nccc(C(=O)O)c3c2)cn1. The Balaban J connectivity index is 1.91. The van der Waals surface area contributed by atoms with Crippen LogP contribution < -0.4 is 4.74 Å². The highest BCUT2D eigenvalue weighted by molar-refractivity contribution is 6.03. The Labute approximate surface area is 138 Å². The molecule has 1 aromatic carbocycles. The molecule has 0 aliphatic heterocycles. The van der Waals surface area contributed by atoms with Crippen LogP contribution in [0.1, 0.15) is 10.4 Å². The number of aromatic carboxylic acids is 1. The summed E-state index contributed by atoms with van der Waals surface area (Å²) in [4.78, 5) is 19.8. The number of rotatable bonds is 6. The molecule has 0 aliphatic rings. The average Bonchev–Trinajstić information content (AvgIpc) is 2.61. The molecule has 0 aliphatic carbocycles. The van der Waals surface area contributed by atoms with E-state index < -0.39 is 5.97 Å². The predicted octanol–water partition coefficient (Wildman–Crippen LogP) is 3.02. The molecule has 2 heterocycles. The van der Waals surface area contributed by atoms with Crippen LogP contribution in [0.4, 0.5) is 0 Å². The first-order valence-corrected chi connectivity index (χ1v) is 7.39. The van der Waals surface area contributed by atoms with Gasteiger partial charge < -0.3 is 14.6 Å². The molecule has 2 aromatic heterocycles. The Morgan fingerprint density at radius 3 is 2.62 bits per heavy atom. The van der Waals surface area contributed by atoms with E-state index in [0.29, 0.717) is 30.0 Å². The van der Waals surface area contributed by atoms with Crippen molar-refractivity contribution in [3.63, 3.8) is 0 Å². The van der Waals surface area contributed by atoms with E-state index in [0.717, 1.165) is 11.1 Å². The minimum absolute atomic E-state index is 0.231. The molecule has 6 nitrogen and oxygen atoms in total. The number of fused-ring (bicyclic) bond motifs is 1. The van der Waals surface area contributed by atoms with Crippen molar-refractivity contribution in [3.8, 4) is 17.0 Å². The maximum Gasteiger partial charge on any atom is 0.336 e. The first-order chi connectivity index (χ1) is 11.7. The van der Waals surface area contributed by atoms with Crippen LogP contribution in [0.3, 0.4) is 0 Å². The lowest BCUT2D eigenvalue weighted by molar-refractivity contribution is 0.0699. The third-order valence-electron chi connectivity index (χ3n) is 3.58. The molecule has 0 radical (unpaired) electrons. The van der Waals surface area contributed by atoms with Gasteiger partial charge in [-0.1, -0.05) is 6.07 Å². The number of hydrogen-bond donors (Lipinski definition) is 1. The van der Waals surface area contributed by atoms with Crippen LogP contribution in [-0.2, 0) is 4.74 Å². The van der Waals surface area contributed by atoms with Crippen molar-refractivity contribution in [3.05, 3.63) is 54.4 Å². The number of hydrogen-bond acceptors (Lipinski definition) is 5. The van der Waals surface area contributed by atoms with Crippen LogP contribution in [-0.4, -0.2) is 41.4 Å². The summed E-state index contributed by atoms with van der Waals surface area (Å²) in [6.45, 7) is 0.936. The molecule has 0 spiro atoms. The highest BCUT2D eigenvalue weighted by Crippen LogP contribution is 2.26. The number of carboxylic acids is 1. The fraction of sp³-hybridized carbons (Fsp3) is 0.167. The Kier molecular flexibility index (Phi) is 4.67. The van der Waals surface area contributed by atoms with Gasteiger partial charge in [-0.15, -0.1) is 0 Å². The van der Waals surface area contributed by atoms with Gasteiger partial charge in [-0.05, 0) is 29.8 Å². The highest BCUT2D eigenvalue weighted by Gasteiger charge is 2.10. The fourth-order valence-electron chi connectivity index (χ4n) is 2.38. The first kappa shape index (κ1) is 15.9. The molecule has 0 saturated heterocycles. The summed E-state index contributed by atoms with van der Waals surface area (Å²) in [5.41, 5.74) is 2.62. The molecule has 0 atom stereocenters. The van der Waals surface area contributed by atoms with Gasteiger partial charge in [0.15, 0.2) is 0 Å². The topological polar surface area (TPSA) is 81.5 Å². The summed E-state index contributed by atoms with van der Waals surface area (Å²) in [6.07, 6.45) is 3.19. The third-order valence-corrected chi connectivity index (χ3v) is 3.58. The monoisotopic (exact) mass is 324 g/mol. The van der Waals surface area contributed by atoms with Crippen LogP contribution in [0.2, 0.25) is 0 Å². The van der Waals surface area contributed by atoms with Gasteiger partial charge in [-0.2, -0.15) is 0 Å². The van der Waals surface area contributed by atoms with Gasteiger partial charge in [0.05, 0.1) is 17.7 Å². The fourth-order valence-corrected chi connectivity index (χ4v) is 2.38. The van der Waals surface area contributed by atoms with Crippen LogP contribution in [0.15, 0.2) is 48.8 Å². The molecule has 0 fully saturated rings. The van der Waals surface area contributed by atoms with E-state index in [4.69, 9.17) is 9.47 Å². The van der Waals surface area contributed by atoms with E-state index in [1.165, 1.54) is 12.3 Å². The van der Waals surface area contributed by atoms with Crippen LogP contribution >= 0.6 is 0 Å². The van der Waals surface area contributed by atoms with Gasteiger partial charge >= 0.3 is 5.97 Å². The second-order valence-corrected chi connectivity index (χ2v) is 5.12. The van der Waals surface area contributed by atoms with Crippen molar-refractivity contribution in [2.45, 2.75) is 0 Å². The van der Waals surface area contributed by atoms with E-state index >= 15 is 0 Å². The maximum atomic E-state index is 11.4. The van der Waals surface area contributed by atoms with Gasteiger partial charge in [0.2, 0.25) is 5.88 Å². The molecule has 0 saturated carbocycles. The normalized spacial score (nSPS) is 10.7. The third kappa shape index (κ3) is 3.33. The van der Waals surface area contributed by atoms with Crippen molar-refractivity contribution in [1.29, 1.82) is 0 Å². The molecule has 6 heteroatoms. The molecule has 3 rings (SSSR count). The smallest absolute Gasteiger partial charge is 0.336 e. The van der Waals surface area contributed by atoms with E-state index in [9.17, 15) is 9.90 Å². The number of nitrogens with zero attached hydrogens (tertiary/aromatic N) is 2. The summed E-state index contributed by atoms with van der Waals surface area (Å²) >= 11 is 0. The molecule has 24 heavy (non-hydrogen) atoms. The molecule has 0 unspecified atom stereocenters. The van der Waals surface area contributed by atoms with Crippen molar-refractivity contribution in [2.75, 3.05) is 20.3 Å². The molecular formula is C18H16N2O4. The second kappa shape index (κ2) is 7.06. The molecule has 0 bridgehead atoms. The van der Waals surface area contributed by atoms with Gasteiger partial charge in [-0.3, -0.25) is 4.98 Å². The van der Waals surface area contributed by atoms with Crippen molar-refractivity contribution in [2.24, 2.45) is 0 Å². The number of pyridine rings is 2. The Morgan fingerprint density at radius 1 is 1.08 bits per heavy atom. The summed E-state index contributed by atoms with van der Waals surface area (Å²) in [5, 5.41) is 9.92. The number of methoxy groups -OCH3 is 1. The highest BCUT2D eigenvalue weighted by atomic mass is 16.5. The Hall–Kier alpha value is -2.99. The summed E-state index contributed by atoms with van der Waals surface area (Å²) in [7, 11) is 1.61. The number of carbonyl (C=O) groups is 1. The zero-order valence-electron chi connectivity index (χ0n) is 13.1. The minimum atomic E-state index is -0.973. The zero-order chi connectivity index (χ0) is 16.9. The lowest BCUT2D eigenvalue weighted by Gasteiger charge is -2.07. The molecular weight excluding hydrogens is 308 g/mol. The molecule has 1 N–H and O–H groups in total. The van der Waals surface area contributed by atoms with E-state index in [1.807, 2.05) is 18.2 Å². The van der Waals surface area contributed by atoms with Crippen LogP contribution in [0.5, 0.6) is 5.88 Å². The van der Waals surface area contributed by atoms with Gasteiger partial charge in [0, 0.05) is 36.5 Å². The number of ether oxygens (including phenoxy) is 2. The predicted molar refractivity (Wildman–Crippen MR) is 89.3 cm³/mol. The molecule has 122 valence electrons. The number of carboxylic acid groups (broad SMARTS) is 1. The van der Waals surface area contributed by atoms with Crippen molar-refractivity contribution >= 4 is 16.9 Å². The van der Waals surface area contributed by atoms with Gasteiger partial charge in [0.25, 0.3) is 0 Å². The zero-order valence-corrected chi connectivity index (χ0v) is 13.1. The van der Waals surface area contributed by atoms with E-state index in [1.54, 1.807) is 25.4 Å². The van der Waals surface area contributed by atoms with Crippen molar-refractivity contribution < 1.29 is 19.4 Å². The minimum Gasteiger partial charge on any atom is -0.478 e. The van der Waals surface area contributed by atoms with Crippen LogP contribution in [0, 0.1) is 0 Å². The van der Waals surface area contributed by atoms with E-state index in [-0.39, 0.29) is 5.56 Å². The molecule has 0 amide bonds. The lowest BCUT2D eigenvalue weighted by atomic mass is 10.0. The second-order valence-electron chi connectivity index (χ2n) is 5.12. The maximum absolute atomic E-state index is 11.4. The van der Waals surface area contributed by atoms with Gasteiger partial charge in [0.1, 0.15) is 6.61 Å². The van der Waals surface area contributed by atoms with E-state index in [2.05, 4.69) is 9.97 Å². The lowest BCUT2D eigenvalue weighted by Crippen LogP contribution is -2.05. The standard InChI is InChI=1S/C18H16N2O4/c1-23-8-9-24-17-5-3-13(11-20-17)12-2-4-16-15(10-12)14(18(21)22)6-7-19-16/h2-7,10-11H,8-9H2,1H3,(H,21,22). The van der Waals surface area contributed by atoms with Crippen molar-refractivity contribution in [1.82, 2.24) is 9.97 Å². The molecule has 3 aromatic rings. The number of aromatic nitrogens is 2. The Bertz CT molecular complexity index is 863. The first-order valence-electron chi connectivity index (χ1n) is 7.39. The number of benzene rings is 1. The Morgan fingerprint density at radius 2 is 1.92 bits per heavy atom. The summed E-state index contributed by atoms with van der Waals surface area (Å²) in [5.74, 6) is -0.455.